The number of sulfone groups is 1. The van der Waals surface area contributed by atoms with Crippen molar-refractivity contribution >= 4 is 37.2 Å². The number of aryl methyl sites for hydroxylation is 1. The monoisotopic (exact) mass is 327 g/mol. The van der Waals surface area contributed by atoms with Crippen LogP contribution in [-0.4, -0.2) is 31.9 Å². The molecular formula is C14H14FNO3S2. The van der Waals surface area contributed by atoms with Gasteiger partial charge in [-0.3, -0.25) is 4.79 Å². The average Bonchev–Trinajstić information content (AvgIpc) is 2.91. The largest absolute Gasteiger partial charge is 0.348 e. The van der Waals surface area contributed by atoms with Gasteiger partial charge in [0, 0.05) is 16.1 Å². The zero-order valence-electron chi connectivity index (χ0n) is 11.3. The standard InChI is InChI=1S/C14H14FNO3S2/c1-8-12-10(15)3-2-4-11(12)20-13(8)14(17)16-9-5-6-21(18,19)7-9/h2-4,9H,5-7H2,1H3,(H,16,17). The normalized spacial score (nSPS) is 20.8. The van der Waals surface area contributed by atoms with Crippen LogP contribution in [0.5, 0.6) is 0 Å². The van der Waals surface area contributed by atoms with E-state index in [1.54, 1.807) is 19.1 Å². The van der Waals surface area contributed by atoms with Gasteiger partial charge in [-0.2, -0.15) is 0 Å². The van der Waals surface area contributed by atoms with Gasteiger partial charge in [-0.1, -0.05) is 6.07 Å². The fourth-order valence-corrected chi connectivity index (χ4v) is 5.43. The van der Waals surface area contributed by atoms with Gasteiger partial charge in [0.25, 0.3) is 5.91 Å². The molecule has 1 aliphatic rings. The molecule has 1 aromatic carbocycles. The number of carbonyl (C=O) groups is 1. The minimum absolute atomic E-state index is 0.0168. The van der Waals surface area contributed by atoms with Crippen molar-refractivity contribution in [1.82, 2.24) is 5.32 Å². The minimum Gasteiger partial charge on any atom is -0.348 e. The van der Waals surface area contributed by atoms with Crippen molar-refractivity contribution < 1.29 is 17.6 Å². The number of benzene rings is 1. The Bertz CT molecular complexity index is 826. The number of thiophene rings is 1. The molecule has 0 bridgehead atoms. The Morgan fingerprint density at radius 3 is 2.81 bits per heavy atom. The van der Waals surface area contributed by atoms with E-state index in [0.29, 0.717) is 22.2 Å². The van der Waals surface area contributed by atoms with Crippen molar-refractivity contribution in [3.63, 3.8) is 0 Å². The third-order valence-electron chi connectivity index (χ3n) is 3.68. The number of nitrogens with one attached hydrogen (secondary N) is 1. The van der Waals surface area contributed by atoms with E-state index in [-0.39, 0.29) is 29.3 Å². The van der Waals surface area contributed by atoms with Crippen molar-refractivity contribution in [2.45, 2.75) is 19.4 Å². The SMILES string of the molecule is Cc1c(C(=O)NC2CCS(=O)(=O)C2)sc2cccc(F)c12. The van der Waals surface area contributed by atoms with Crippen LogP contribution in [0.1, 0.15) is 21.7 Å². The van der Waals surface area contributed by atoms with Crippen LogP contribution in [0.15, 0.2) is 18.2 Å². The molecule has 1 fully saturated rings. The predicted octanol–water partition coefficient (Wildman–Crippen LogP) is 2.27. The second-order valence-corrected chi connectivity index (χ2v) is 8.52. The van der Waals surface area contributed by atoms with Crippen molar-refractivity contribution in [1.29, 1.82) is 0 Å². The summed E-state index contributed by atoms with van der Waals surface area (Å²) in [6.45, 7) is 1.71. The van der Waals surface area contributed by atoms with Gasteiger partial charge in [0.15, 0.2) is 9.84 Å². The molecule has 112 valence electrons. The van der Waals surface area contributed by atoms with Crippen LogP contribution < -0.4 is 5.32 Å². The minimum atomic E-state index is -3.04. The van der Waals surface area contributed by atoms with E-state index in [2.05, 4.69) is 5.32 Å². The lowest BCUT2D eigenvalue weighted by Crippen LogP contribution is -2.35. The number of fused-ring (bicyclic) bond motifs is 1. The topological polar surface area (TPSA) is 63.2 Å². The van der Waals surface area contributed by atoms with E-state index in [1.807, 2.05) is 0 Å². The van der Waals surface area contributed by atoms with Gasteiger partial charge < -0.3 is 5.32 Å². The summed E-state index contributed by atoms with van der Waals surface area (Å²) in [5.41, 5.74) is 0.603. The Morgan fingerprint density at radius 1 is 1.43 bits per heavy atom. The maximum atomic E-state index is 13.8. The highest BCUT2D eigenvalue weighted by Crippen LogP contribution is 2.32. The highest BCUT2D eigenvalue weighted by Gasteiger charge is 2.30. The Hall–Kier alpha value is -1.47. The summed E-state index contributed by atoms with van der Waals surface area (Å²) >= 11 is 1.23. The van der Waals surface area contributed by atoms with Gasteiger partial charge in [0.2, 0.25) is 0 Å². The van der Waals surface area contributed by atoms with Crippen LogP contribution in [0, 0.1) is 12.7 Å². The maximum absolute atomic E-state index is 13.8. The average molecular weight is 327 g/mol. The lowest BCUT2D eigenvalue weighted by atomic mass is 10.1. The van der Waals surface area contributed by atoms with Crippen LogP contribution in [0.4, 0.5) is 4.39 Å². The fraction of sp³-hybridized carbons (Fsp3) is 0.357. The number of rotatable bonds is 2. The smallest absolute Gasteiger partial charge is 0.261 e. The highest BCUT2D eigenvalue weighted by atomic mass is 32.2. The van der Waals surface area contributed by atoms with E-state index in [1.165, 1.54) is 17.4 Å². The highest BCUT2D eigenvalue weighted by molar-refractivity contribution is 7.91. The van der Waals surface area contributed by atoms with Crippen LogP contribution in [0.25, 0.3) is 10.1 Å². The van der Waals surface area contributed by atoms with E-state index in [0.717, 1.165) is 4.70 Å². The molecule has 21 heavy (non-hydrogen) atoms. The summed E-state index contributed by atoms with van der Waals surface area (Å²) < 4.78 is 37.4. The first kappa shape index (κ1) is 14.5. The van der Waals surface area contributed by atoms with Gasteiger partial charge in [-0.15, -0.1) is 11.3 Å². The summed E-state index contributed by atoms with van der Waals surface area (Å²) in [5, 5.41) is 3.21. The van der Waals surface area contributed by atoms with Crippen LogP contribution >= 0.6 is 11.3 Å². The van der Waals surface area contributed by atoms with E-state index in [4.69, 9.17) is 0 Å². The van der Waals surface area contributed by atoms with Crippen LogP contribution in [-0.2, 0) is 9.84 Å². The van der Waals surface area contributed by atoms with Gasteiger partial charge in [0.1, 0.15) is 5.82 Å². The summed E-state index contributed by atoms with van der Waals surface area (Å²) in [5.74, 6) is -0.575. The van der Waals surface area contributed by atoms with E-state index < -0.39 is 9.84 Å². The Morgan fingerprint density at radius 2 is 2.19 bits per heavy atom. The second kappa shape index (κ2) is 5.06. The fourth-order valence-electron chi connectivity index (χ4n) is 2.63. The van der Waals surface area contributed by atoms with Crippen LogP contribution in [0.3, 0.4) is 0 Å². The van der Waals surface area contributed by atoms with Crippen molar-refractivity contribution in [2.75, 3.05) is 11.5 Å². The molecule has 4 nitrogen and oxygen atoms in total. The first-order valence-corrected chi connectivity index (χ1v) is 9.20. The molecule has 7 heteroatoms. The van der Waals surface area contributed by atoms with E-state index >= 15 is 0 Å². The molecule has 1 aromatic heterocycles. The lowest BCUT2D eigenvalue weighted by Gasteiger charge is -2.10. The maximum Gasteiger partial charge on any atom is 0.261 e. The van der Waals surface area contributed by atoms with E-state index in [9.17, 15) is 17.6 Å². The van der Waals surface area contributed by atoms with Crippen molar-refractivity contribution in [2.24, 2.45) is 0 Å². The Labute approximate surface area is 125 Å². The summed E-state index contributed by atoms with van der Waals surface area (Å²) in [7, 11) is -3.04. The van der Waals surface area contributed by atoms with Crippen molar-refractivity contribution in [3.05, 3.63) is 34.5 Å². The second-order valence-electron chi connectivity index (χ2n) is 5.24. The third kappa shape index (κ3) is 2.67. The molecule has 2 heterocycles. The molecule has 1 N–H and O–H groups in total. The van der Waals surface area contributed by atoms with Gasteiger partial charge in [-0.05, 0) is 31.0 Å². The van der Waals surface area contributed by atoms with Crippen molar-refractivity contribution in [3.8, 4) is 0 Å². The molecule has 2 aromatic rings. The summed E-state index contributed by atoms with van der Waals surface area (Å²) in [6, 6.07) is 4.40. The molecule has 0 spiro atoms. The van der Waals surface area contributed by atoms with Gasteiger partial charge >= 0.3 is 0 Å². The molecule has 1 saturated heterocycles. The molecule has 0 radical (unpaired) electrons. The van der Waals surface area contributed by atoms with Gasteiger partial charge in [0.05, 0.1) is 16.4 Å². The molecule has 1 aliphatic heterocycles. The number of hydrogen-bond donors (Lipinski definition) is 1. The van der Waals surface area contributed by atoms with Gasteiger partial charge in [-0.25, -0.2) is 12.8 Å². The molecule has 0 saturated carbocycles. The molecular weight excluding hydrogens is 313 g/mol. The summed E-state index contributed by atoms with van der Waals surface area (Å²) in [4.78, 5) is 12.7. The Kier molecular flexibility index (Phi) is 3.49. The van der Waals surface area contributed by atoms with Crippen LogP contribution in [0.2, 0.25) is 0 Å². The zero-order valence-corrected chi connectivity index (χ0v) is 13.0. The third-order valence-corrected chi connectivity index (χ3v) is 6.70. The lowest BCUT2D eigenvalue weighted by molar-refractivity contribution is 0.0945. The summed E-state index contributed by atoms with van der Waals surface area (Å²) in [6.07, 6.45) is 0.437. The molecule has 3 rings (SSSR count). The number of amides is 1. The predicted molar refractivity (Wildman–Crippen MR) is 81.0 cm³/mol. The molecule has 1 atom stereocenters. The zero-order chi connectivity index (χ0) is 15.2. The molecule has 1 unspecified atom stereocenters. The Balaban J connectivity index is 1.89. The first-order valence-electron chi connectivity index (χ1n) is 6.56. The number of halogens is 1. The molecule has 1 amide bonds. The quantitative estimate of drug-likeness (QED) is 0.920. The number of carbonyl (C=O) groups excluding carboxylic acids is 1. The number of hydrogen-bond acceptors (Lipinski definition) is 4. The molecule has 0 aliphatic carbocycles. The first-order chi connectivity index (χ1) is 9.87.